The van der Waals surface area contributed by atoms with Crippen LogP contribution in [-0.4, -0.2) is 23.7 Å². The van der Waals surface area contributed by atoms with Crippen molar-refractivity contribution in [3.05, 3.63) is 11.6 Å². The minimum Gasteiger partial charge on any atom is -0.481 e. The van der Waals surface area contributed by atoms with Gasteiger partial charge in [-0.3, -0.25) is 4.79 Å². The molecule has 2 atom stereocenters. The van der Waals surface area contributed by atoms with Crippen LogP contribution in [0, 0.1) is 17.3 Å². The fourth-order valence-electron chi connectivity index (χ4n) is 2.45. The van der Waals surface area contributed by atoms with Crippen molar-refractivity contribution in [1.82, 2.24) is 0 Å². The monoisotopic (exact) mass is 224 g/mol. The Balaban J connectivity index is 2.13. The van der Waals surface area contributed by atoms with Crippen molar-refractivity contribution in [2.75, 3.05) is 6.61 Å². The van der Waals surface area contributed by atoms with Crippen LogP contribution in [0.4, 0.5) is 0 Å². The summed E-state index contributed by atoms with van der Waals surface area (Å²) in [4.78, 5) is 22.4. The average Bonchev–Trinajstić information content (AvgIpc) is 2.72. The number of rotatable bonds is 2. The van der Waals surface area contributed by atoms with E-state index in [-0.39, 0.29) is 23.2 Å². The first-order valence-corrected chi connectivity index (χ1v) is 5.55. The van der Waals surface area contributed by atoms with E-state index in [9.17, 15) is 9.59 Å². The van der Waals surface area contributed by atoms with Gasteiger partial charge in [-0.1, -0.05) is 19.9 Å². The van der Waals surface area contributed by atoms with Gasteiger partial charge in [-0.15, -0.1) is 0 Å². The molecule has 1 N–H and O–H groups in total. The molecule has 0 radical (unpaired) electrons. The van der Waals surface area contributed by atoms with E-state index >= 15 is 0 Å². The number of allylic oxidation sites excluding steroid dienone is 1. The molecule has 88 valence electrons. The van der Waals surface area contributed by atoms with Crippen LogP contribution in [0.25, 0.3) is 0 Å². The lowest BCUT2D eigenvalue weighted by atomic mass is 10.0. The van der Waals surface area contributed by atoms with Crippen molar-refractivity contribution in [2.24, 2.45) is 17.3 Å². The number of esters is 1. The van der Waals surface area contributed by atoms with Crippen molar-refractivity contribution in [3.63, 3.8) is 0 Å². The molecule has 0 aromatic heterocycles. The van der Waals surface area contributed by atoms with E-state index < -0.39 is 5.97 Å². The number of carboxylic acid groups (broad SMARTS) is 1. The molecule has 1 aliphatic heterocycles. The fourth-order valence-corrected chi connectivity index (χ4v) is 2.45. The molecule has 1 saturated carbocycles. The van der Waals surface area contributed by atoms with Crippen LogP contribution in [0.2, 0.25) is 0 Å². The van der Waals surface area contributed by atoms with Gasteiger partial charge in [-0.25, -0.2) is 4.79 Å². The second-order valence-electron chi connectivity index (χ2n) is 5.09. The Bertz CT molecular complexity index is 367. The van der Waals surface area contributed by atoms with Crippen molar-refractivity contribution < 1.29 is 19.4 Å². The summed E-state index contributed by atoms with van der Waals surface area (Å²) in [5.41, 5.74) is 0.407. The molecular formula is C12H16O4. The Morgan fingerprint density at radius 3 is 2.75 bits per heavy atom. The van der Waals surface area contributed by atoms with Crippen molar-refractivity contribution in [1.29, 1.82) is 0 Å². The first-order valence-electron chi connectivity index (χ1n) is 5.55. The van der Waals surface area contributed by atoms with E-state index in [1.807, 2.05) is 13.8 Å². The topological polar surface area (TPSA) is 63.6 Å². The minimum absolute atomic E-state index is 0.0364. The van der Waals surface area contributed by atoms with Crippen LogP contribution in [-0.2, 0) is 14.3 Å². The summed E-state index contributed by atoms with van der Waals surface area (Å²) >= 11 is 0. The number of hydrogen-bond donors (Lipinski definition) is 1. The normalized spacial score (nSPS) is 34.6. The van der Waals surface area contributed by atoms with Crippen LogP contribution < -0.4 is 0 Å². The maximum absolute atomic E-state index is 11.4. The molecule has 4 nitrogen and oxygen atoms in total. The van der Waals surface area contributed by atoms with Crippen LogP contribution >= 0.6 is 0 Å². The van der Waals surface area contributed by atoms with Crippen LogP contribution in [0.1, 0.15) is 26.7 Å². The molecule has 1 heterocycles. The molecule has 2 fully saturated rings. The van der Waals surface area contributed by atoms with E-state index in [0.29, 0.717) is 18.6 Å². The predicted molar refractivity (Wildman–Crippen MR) is 56.7 cm³/mol. The molecule has 0 aromatic rings. The minimum atomic E-state index is -0.781. The zero-order valence-corrected chi connectivity index (χ0v) is 9.53. The number of carboxylic acids is 1. The number of cyclic esters (lactones) is 1. The second-order valence-corrected chi connectivity index (χ2v) is 5.09. The highest BCUT2D eigenvalue weighted by molar-refractivity contribution is 5.89. The number of aliphatic carboxylic acids is 1. The summed E-state index contributed by atoms with van der Waals surface area (Å²) in [5, 5.41) is 9.01. The zero-order chi connectivity index (χ0) is 11.9. The number of carbonyl (C=O) groups is 2. The van der Waals surface area contributed by atoms with Gasteiger partial charge in [0.2, 0.25) is 0 Å². The van der Waals surface area contributed by atoms with Crippen LogP contribution in [0.15, 0.2) is 11.6 Å². The number of carbonyl (C=O) groups excluding carboxylic acids is 1. The summed E-state index contributed by atoms with van der Waals surface area (Å²) in [6.07, 6.45) is 3.35. The molecule has 16 heavy (non-hydrogen) atoms. The van der Waals surface area contributed by atoms with Gasteiger partial charge >= 0.3 is 11.9 Å². The van der Waals surface area contributed by atoms with Gasteiger partial charge < -0.3 is 9.84 Å². The SMILES string of the molecule is CC1(C)C(C=C2CCCOC2=O)C1C(=O)O. The molecule has 0 aromatic carbocycles. The number of ether oxygens (including phenoxy) is 1. The molecule has 0 amide bonds. The lowest BCUT2D eigenvalue weighted by molar-refractivity contribution is -0.141. The van der Waals surface area contributed by atoms with Gasteiger partial charge in [0.15, 0.2) is 0 Å². The summed E-state index contributed by atoms with van der Waals surface area (Å²) in [7, 11) is 0. The fraction of sp³-hybridized carbons (Fsp3) is 0.667. The Hall–Kier alpha value is -1.32. The first kappa shape index (κ1) is 11.2. The second kappa shape index (κ2) is 3.61. The number of hydrogen-bond acceptors (Lipinski definition) is 3. The van der Waals surface area contributed by atoms with Crippen LogP contribution in [0.5, 0.6) is 0 Å². The van der Waals surface area contributed by atoms with E-state index in [0.717, 1.165) is 6.42 Å². The van der Waals surface area contributed by atoms with Gasteiger partial charge in [0, 0.05) is 5.57 Å². The first-order chi connectivity index (χ1) is 7.44. The molecule has 0 spiro atoms. The molecule has 0 bridgehead atoms. The molecule has 2 rings (SSSR count). The summed E-state index contributed by atoms with van der Waals surface area (Å²) in [5.74, 6) is -1.46. The van der Waals surface area contributed by atoms with Crippen molar-refractivity contribution in [2.45, 2.75) is 26.7 Å². The van der Waals surface area contributed by atoms with Gasteiger partial charge in [-0.2, -0.15) is 0 Å². The lowest BCUT2D eigenvalue weighted by Gasteiger charge is -2.13. The molecular weight excluding hydrogens is 208 g/mol. The zero-order valence-electron chi connectivity index (χ0n) is 9.53. The highest BCUT2D eigenvalue weighted by Crippen LogP contribution is 2.59. The lowest BCUT2D eigenvalue weighted by Crippen LogP contribution is -2.15. The van der Waals surface area contributed by atoms with Crippen LogP contribution in [0.3, 0.4) is 0 Å². The Labute approximate surface area is 94.3 Å². The maximum Gasteiger partial charge on any atom is 0.333 e. The molecule has 1 saturated heterocycles. The third-order valence-electron chi connectivity index (χ3n) is 3.64. The van der Waals surface area contributed by atoms with E-state index in [1.165, 1.54) is 0 Å². The largest absolute Gasteiger partial charge is 0.481 e. The standard InChI is InChI=1S/C12H16O4/c1-12(2)8(9(12)10(13)14)6-7-4-3-5-16-11(7)15/h6,8-9H,3-5H2,1-2H3,(H,13,14). The molecule has 4 heteroatoms. The summed E-state index contributed by atoms with van der Waals surface area (Å²) in [6, 6.07) is 0. The molecule has 2 aliphatic rings. The Morgan fingerprint density at radius 2 is 2.25 bits per heavy atom. The predicted octanol–water partition coefficient (Wildman–Crippen LogP) is 1.61. The van der Waals surface area contributed by atoms with E-state index in [2.05, 4.69) is 0 Å². The molecule has 1 aliphatic carbocycles. The highest BCUT2D eigenvalue weighted by atomic mass is 16.5. The van der Waals surface area contributed by atoms with Gasteiger partial charge in [-0.05, 0) is 24.2 Å². The smallest absolute Gasteiger partial charge is 0.333 e. The van der Waals surface area contributed by atoms with E-state index in [1.54, 1.807) is 6.08 Å². The third-order valence-corrected chi connectivity index (χ3v) is 3.64. The maximum atomic E-state index is 11.4. The van der Waals surface area contributed by atoms with E-state index in [4.69, 9.17) is 9.84 Å². The Kier molecular flexibility index (Phi) is 2.52. The third kappa shape index (κ3) is 1.72. The Morgan fingerprint density at radius 1 is 1.56 bits per heavy atom. The summed E-state index contributed by atoms with van der Waals surface area (Å²) < 4.78 is 4.93. The van der Waals surface area contributed by atoms with Gasteiger partial charge in [0.25, 0.3) is 0 Å². The van der Waals surface area contributed by atoms with Gasteiger partial charge in [0.05, 0.1) is 12.5 Å². The quantitative estimate of drug-likeness (QED) is 0.571. The summed E-state index contributed by atoms with van der Waals surface area (Å²) in [6.45, 7) is 4.32. The average molecular weight is 224 g/mol. The highest BCUT2D eigenvalue weighted by Gasteiger charge is 2.61. The van der Waals surface area contributed by atoms with Crippen molar-refractivity contribution in [3.8, 4) is 0 Å². The molecule has 2 unspecified atom stereocenters. The van der Waals surface area contributed by atoms with Crippen molar-refractivity contribution >= 4 is 11.9 Å². The van der Waals surface area contributed by atoms with Gasteiger partial charge in [0.1, 0.15) is 0 Å².